The van der Waals surface area contributed by atoms with Gasteiger partial charge in [0.25, 0.3) is 5.91 Å². The maximum atomic E-state index is 11.7. The molecular formula is C15H21NO. The van der Waals surface area contributed by atoms with Crippen molar-refractivity contribution in [2.24, 2.45) is 0 Å². The minimum Gasteiger partial charge on any atom is -0.347 e. The molecule has 1 saturated carbocycles. The van der Waals surface area contributed by atoms with Crippen molar-refractivity contribution in [3.8, 4) is 0 Å². The van der Waals surface area contributed by atoms with Gasteiger partial charge in [0.05, 0.1) is 0 Å². The second-order valence-corrected chi connectivity index (χ2v) is 4.76. The van der Waals surface area contributed by atoms with Crippen LogP contribution >= 0.6 is 0 Å². The minimum atomic E-state index is -0.0893. The molecule has 0 atom stereocenters. The molecule has 0 saturated heterocycles. The molecule has 0 aromatic heterocycles. The molecule has 1 aliphatic carbocycles. The molecule has 2 nitrogen and oxygen atoms in total. The molecule has 0 bridgehead atoms. The average Bonchev–Trinajstić information content (AvgIpc) is 3.00. The lowest BCUT2D eigenvalue weighted by molar-refractivity contribution is -0.117. The molecule has 1 rings (SSSR count). The van der Waals surface area contributed by atoms with Gasteiger partial charge in [0.1, 0.15) is 0 Å². The van der Waals surface area contributed by atoms with Crippen molar-refractivity contribution in [3.05, 3.63) is 48.6 Å². The number of amides is 1. The first-order valence-corrected chi connectivity index (χ1v) is 6.02. The summed E-state index contributed by atoms with van der Waals surface area (Å²) in [5.74, 6) is -0.0893. The monoisotopic (exact) mass is 231 g/mol. The van der Waals surface area contributed by atoms with E-state index in [1.165, 1.54) is 0 Å². The highest BCUT2D eigenvalue weighted by atomic mass is 16.1. The van der Waals surface area contributed by atoms with E-state index >= 15 is 0 Å². The Hall–Kier alpha value is -1.57. The fourth-order valence-corrected chi connectivity index (χ4v) is 1.27. The number of carbonyl (C=O) groups is 1. The maximum absolute atomic E-state index is 11.7. The SMILES string of the molecule is C=C(C=CCC)C=CC(=C)C(=O)NC1(C)CC1. The van der Waals surface area contributed by atoms with Gasteiger partial charge in [-0.3, -0.25) is 4.79 Å². The van der Waals surface area contributed by atoms with Gasteiger partial charge in [-0.1, -0.05) is 38.3 Å². The van der Waals surface area contributed by atoms with Gasteiger partial charge in [-0.05, 0) is 37.8 Å². The van der Waals surface area contributed by atoms with E-state index in [1.54, 1.807) is 6.08 Å². The Labute approximate surface area is 104 Å². The molecule has 1 amide bonds. The lowest BCUT2D eigenvalue weighted by atomic mass is 10.1. The van der Waals surface area contributed by atoms with Crippen LogP contribution in [0.3, 0.4) is 0 Å². The summed E-state index contributed by atoms with van der Waals surface area (Å²) in [5.41, 5.74) is 1.36. The highest BCUT2D eigenvalue weighted by molar-refractivity contribution is 5.96. The third kappa shape index (κ3) is 4.85. The second kappa shape index (κ2) is 5.67. The molecule has 0 aromatic rings. The predicted octanol–water partition coefficient (Wildman–Crippen LogP) is 3.29. The Morgan fingerprint density at radius 1 is 1.29 bits per heavy atom. The standard InChI is InChI=1S/C15H21NO/c1-5-6-7-12(2)8-9-13(3)14(17)16-15(4)10-11-15/h6-9H,2-3,5,10-11H2,1,4H3,(H,16,17). The van der Waals surface area contributed by atoms with Crippen LogP contribution in [-0.2, 0) is 4.79 Å². The predicted molar refractivity (Wildman–Crippen MR) is 72.6 cm³/mol. The maximum Gasteiger partial charge on any atom is 0.251 e. The largest absolute Gasteiger partial charge is 0.347 e. The number of hydrogen-bond acceptors (Lipinski definition) is 1. The van der Waals surface area contributed by atoms with Crippen LogP contribution in [0.25, 0.3) is 0 Å². The van der Waals surface area contributed by atoms with Gasteiger partial charge in [-0.15, -0.1) is 0 Å². The van der Waals surface area contributed by atoms with Crippen molar-refractivity contribution in [3.63, 3.8) is 0 Å². The Kier molecular flexibility index (Phi) is 4.50. The van der Waals surface area contributed by atoms with E-state index in [0.29, 0.717) is 5.57 Å². The Morgan fingerprint density at radius 3 is 2.47 bits per heavy atom. The van der Waals surface area contributed by atoms with Gasteiger partial charge >= 0.3 is 0 Å². The lowest BCUT2D eigenvalue weighted by Gasteiger charge is -2.10. The third-order valence-corrected chi connectivity index (χ3v) is 2.77. The van der Waals surface area contributed by atoms with Crippen LogP contribution < -0.4 is 5.32 Å². The quantitative estimate of drug-likeness (QED) is 0.551. The molecule has 0 radical (unpaired) electrons. The highest BCUT2D eigenvalue weighted by Crippen LogP contribution is 2.34. The summed E-state index contributed by atoms with van der Waals surface area (Å²) in [6, 6.07) is 0. The zero-order valence-electron chi connectivity index (χ0n) is 10.8. The van der Waals surface area contributed by atoms with Crippen LogP contribution in [0, 0.1) is 0 Å². The molecule has 0 unspecified atom stereocenters. The molecule has 0 aromatic carbocycles. The molecule has 1 aliphatic rings. The Morgan fingerprint density at radius 2 is 1.94 bits per heavy atom. The molecule has 2 heteroatoms. The molecule has 0 spiro atoms. The first kappa shape index (κ1) is 13.5. The van der Waals surface area contributed by atoms with Gasteiger partial charge in [-0.2, -0.15) is 0 Å². The van der Waals surface area contributed by atoms with Gasteiger partial charge < -0.3 is 5.32 Å². The second-order valence-electron chi connectivity index (χ2n) is 4.76. The van der Waals surface area contributed by atoms with Gasteiger partial charge in [-0.25, -0.2) is 0 Å². The van der Waals surface area contributed by atoms with Crippen molar-refractivity contribution in [2.45, 2.75) is 38.6 Å². The Bertz CT molecular complexity index is 384. The fraction of sp³-hybridized carbons (Fsp3) is 0.400. The van der Waals surface area contributed by atoms with Gasteiger partial charge in [0.2, 0.25) is 0 Å². The summed E-state index contributed by atoms with van der Waals surface area (Å²) in [5, 5.41) is 2.96. The van der Waals surface area contributed by atoms with Crippen LogP contribution in [0.4, 0.5) is 0 Å². The van der Waals surface area contributed by atoms with E-state index < -0.39 is 0 Å². The van der Waals surface area contributed by atoms with E-state index in [2.05, 4.69) is 25.4 Å². The number of hydrogen-bond donors (Lipinski definition) is 1. The first-order valence-electron chi connectivity index (χ1n) is 6.02. The molecule has 0 aliphatic heterocycles. The normalized spacial score (nSPS) is 17.3. The summed E-state index contributed by atoms with van der Waals surface area (Å²) in [6.07, 6.45) is 10.6. The summed E-state index contributed by atoms with van der Waals surface area (Å²) in [6.45, 7) is 11.7. The van der Waals surface area contributed by atoms with Crippen LogP contribution in [0.15, 0.2) is 48.6 Å². The summed E-state index contributed by atoms with van der Waals surface area (Å²) in [7, 11) is 0. The number of allylic oxidation sites excluding steroid dienone is 4. The lowest BCUT2D eigenvalue weighted by Crippen LogP contribution is -2.34. The minimum absolute atomic E-state index is 0.00693. The van der Waals surface area contributed by atoms with E-state index in [0.717, 1.165) is 24.8 Å². The molecule has 92 valence electrons. The van der Waals surface area contributed by atoms with Gasteiger partial charge in [0, 0.05) is 11.1 Å². The van der Waals surface area contributed by atoms with E-state index in [1.807, 2.05) is 25.2 Å². The molecule has 1 fully saturated rings. The number of carbonyl (C=O) groups excluding carboxylic acids is 1. The molecular weight excluding hydrogens is 210 g/mol. The summed E-state index contributed by atoms with van der Waals surface area (Å²) < 4.78 is 0. The van der Waals surface area contributed by atoms with Crippen molar-refractivity contribution >= 4 is 5.91 Å². The van der Waals surface area contributed by atoms with Crippen LogP contribution in [0.5, 0.6) is 0 Å². The first-order chi connectivity index (χ1) is 7.97. The molecule has 17 heavy (non-hydrogen) atoms. The molecule has 1 N–H and O–H groups in total. The smallest absolute Gasteiger partial charge is 0.251 e. The summed E-state index contributed by atoms with van der Waals surface area (Å²) >= 11 is 0. The zero-order valence-corrected chi connectivity index (χ0v) is 10.8. The van der Waals surface area contributed by atoms with Crippen LogP contribution in [0.2, 0.25) is 0 Å². The topological polar surface area (TPSA) is 29.1 Å². The number of nitrogens with one attached hydrogen (secondary N) is 1. The van der Waals surface area contributed by atoms with Gasteiger partial charge in [0.15, 0.2) is 0 Å². The highest BCUT2D eigenvalue weighted by Gasteiger charge is 2.38. The Balaban J connectivity index is 2.42. The van der Waals surface area contributed by atoms with Crippen LogP contribution in [0.1, 0.15) is 33.1 Å². The fourth-order valence-electron chi connectivity index (χ4n) is 1.27. The average molecular weight is 231 g/mol. The number of rotatable bonds is 6. The van der Waals surface area contributed by atoms with E-state index in [9.17, 15) is 4.79 Å². The zero-order chi connectivity index (χ0) is 12.9. The van der Waals surface area contributed by atoms with Crippen molar-refractivity contribution in [1.29, 1.82) is 0 Å². The van der Waals surface area contributed by atoms with Crippen molar-refractivity contribution < 1.29 is 4.79 Å². The molecule has 0 heterocycles. The van der Waals surface area contributed by atoms with E-state index in [-0.39, 0.29) is 11.4 Å². The van der Waals surface area contributed by atoms with Crippen LogP contribution in [-0.4, -0.2) is 11.4 Å². The van der Waals surface area contributed by atoms with E-state index in [4.69, 9.17) is 0 Å². The van der Waals surface area contributed by atoms with Crippen molar-refractivity contribution in [1.82, 2.24) is 5.32 Å². The van der Waals surface area contributed by atoms with Crippen molar-refractivity contribution in [2.75, 3.05) is 0 Å². The third-order valence-electron chi connectivity index (χ3n) is 2.77. The summed E-state index contributed by atoms with van der Waals surface area (Å²) in [4.78, 5) is 11.7.